The van der Waals surface area contributed by atoms with Gasteiger partial charge < -0.3 is 5.11 Å². The van der Waals surface area contributed by atoms with E-state index in [9.17, 15) is 5.11 Å². The molecule has 1 aromatic heterocycles. The van der Waals surface area contributed by atoms with Crippen molar-refractivity contribution in [3.05, 3.63) is 16.9 Å². The minimum absolute atomic E-state index is 0.598. The molecular weight excluding hydrogens is 212 g/mol. The first kappa shape index (κ1) is 11.0. The van der Waals surface area contributed by atoms with Crippen LogP contribution in [-0.2, 0) is 12.1 Å². The van der Waals surface area contributed by atoms with Crippen LogP contribution in [-0.4, -0.2) is 14.9 Å². The van der Waals surface area contributed by atoms with Crippen molar-refractivity contribution in [2.24, 2.45) is 0 Å². The van der Waals surface area contributed by atoms with Crippen molar-refractivity contribution in [1.29, 1.82) is 0 Å². The maximum absolute atomic E-state index is 10.6. The quantitative estimate of drug-likeness (QED) is 0.845. The third kappa shape index (κ3) is 1.91. The highest BCUT2D eigenvalue weighted by Gasteiger charge is 2.36. The molecule has 2 rings (SSSR count). The highest BCUT2D eigenvalue weighted by atomic mass is 35.5. The van der Waals surface area contributed by atoms with E-state index in [-0.39, 0.29) is 0 Å². The zero-order valence-electron chi connectivity index (χ0n) is 9.04. The van der Waals surface area contributed by atoms with Crippen LogP contribution < -0.4 is 0 Å². The van der Waals surface area contributed by atoms with Gasteiger partial charge in [0.2, 0.25) is 0 Å². The Morgan fingerprint density at radius 3 is 2.73 bits per heavy atom. The predicted octanol–water partition coefficient (Wildman–Crippen LogP) is 2.71. The van der Waals surface area contributed by atoms with Crippen LogP contribution in [0.15, 0.2) is 6.20 Å². The fraction of sp³-hybridized carbons (Fsp3) is 0.727. The van der Waals surface area contributed by atoms with Gasteiger partial charge in [0, 0.05) is 6.54 Å². The Balaban J connectivity index is 2.37. The molecule has 0 radical (unpaired) electrons. The molecule has 0 bridgehead atoms. The van der Waals surface area contributed by atoms with Crippen LogP contribution in [0.25, 0.3) is 0 Å². The van der Waals surface area contributed by atoms with Gasteiger partial charge in [-0.3, -0.25) is 4.68 Å². The van der Waals surface area contributed by atoms with Gasteiger partial charge in [-0.15, -0.1) is 0 Å². The smallest absolute Gasteiger partial charge is 0.108 e. The molecule has 1 heterocycles. The van der Waals surface area contributed by atoms with Crippen LogP contribution in [0.4, 0.5) is 0 Å². The summed E-state index contributed by atoms with van der Waals surface area (Å²) in [4.78, 5) is 0. The van der Waals surface area contributed by atoms with E-state index >= 15 is 0 Å². The van der Waals surface area contributed by atoms with Crippen molar-refractivity contribution >= 4 is 11.6 Å². The second-order valence-electron chi connectivity index (χ2n) is 4.25. The summed E-state index contributed by atoms with van der Waals surface area (Å²) in [5, 5.41) is 15.4. The fourth-order valence-electron chi connectivity index (χ4n) is 2.44. The molecule has 0 spiro atoms. The molecule has 1 aliphatic carbocycles. The largest absolute Gasteiger partial charge is 0.384 e. The lowest BCUT2D eigenvalue weighted by molar-refractivity contribution is -0.00853. The average Bonchev–Trinajstić information content (AvgIpc) is 2.61. The zero-order chi connectivity index (χ0) is 10.9. The molecule has 0 amide bonds. The van der Waals surface area contributed by atoms with E-state index in [1.807, 2.05) is 11.6 Å². The SMILES string of the molecule is CCn1ncc(Cl)c1C1(O)CCCCC1. The molecule has 1 aliphatic rings. The maximum atomic E-state index is 10.6. The van der Waals surface area contributed by atoms with E-state index in [4.69, 9.17) is 11.6 Å². The van der Waals surface area contributed by atoms with Crippen LogP contribution in [0.5, 0.6) is 0 Å². The average molecular weight is 229 g/mol. The summed E-state index contributed by atoms with van der Waals surface area (Å²) in [7, 11) is 0. The third-order valence-electron chi connectivity index (χ3n) is 3.22. The van der Waals surface area contributed by atoms with E-state index in [0.717, 1.165) is 37.9 Å². The molecule has 15 heavy (non-hydrogen) atoms. The first-order chi connectivity index (χ1) is 7.17. The number of rotatable bonds is 2. The molecule has 1 saturated carbocycles. The minimum atomic E-state index is -0.748. The molecule has 0 atom stereocenters. The van der Waals surface area contributed by atoms with Crippen LogP contribution in [0.1, 0.15) is 44.7 Å². The van der Waals surface area contributed by atoms with Crippen molar-refractivity contribution < 1.29 is 5.11 Å². The number of aliphatic hydroxyl groups is 1. The van der Waals surface area contributed by atoms with E-state index in [1.165, 1.54) is 6.42 Å². The van der Waals surface area contributed by atoms with Gasteiger partial charge in [0.1, 0.15) is 5.60 Å². The highest BCUT2D eigenvalue weighted by Crippen LogP contribution is 2.39. The molecule has 1 aromatic rings. The van der Waals surface area contributed by atoms with Gasteiger partial charge >= 0.3 is 0 Å². The normalized spacial score (nSPS) is 20.5. The zero-order valence-corrected chi connectivity index (χ0v) is 9.80. The van der Waals surface area contributed by atoms with Crippen LogP contribution in [0, 0.1) is 0 Å². The van der Waals surface area contributed by atoms with Gasteiger partial charge in [0.25, 0.3) is 0 Å². The molecule has 0 aliphatic heterocycles. The standard InChI is InChI=1S/C11H17ClN2O/c1-2-14-10(9(12)8-13-14)11(15)6-4-3-5-7-11/h8,15H,2-7H2,1H3. The number of hydrogen-bond donors (Lipinski definition) is 1. The lowest BCUT2D eigenvalue weighted by Gasteiger charge is -2.32. The number of halogens is 1. The molecule has 0 aromatic carbocycles. The topological polar surface area (TPSA) is 38.0 Å². The molecule has 84 valence electrons. The van der Waals surface area contributed by atoms with Gasteiger partial charge in [0.15, 0.2) is 0 Å². The van der Waals surface area contributed by atoms with E-state index in [0.29, 0.717) is 5.02 Å². The Hall–Kier alpha value is -0.540. The van der Waals surface area contributed by atoms with Gasteiger partial charge in [-0.1, -0.05) is 30.9 Å². The van der Waals surface area contributed by atoms with E-state index in [2.05, 4.69) is 5.10 Å². The molecule has 3 nitrogen and oxygen atoms in total. The Bertz CT molecular complexity index is 342. The maximum Gasteiger partial charge on any atom is 0.108 e. The molecule has 1 N–H and O–H groups in total. The Labute approximate surface area is 95.0 Å². The first-order valence-electron chi connectivity index (χ1n) is 5.61. The summed E-state index contributed by atoms with van der Waals surface area (Å²) in [6, 6.07) is 0. The van der Waals surface area contributed by atoms with Crippen molar-refractivity contribution in [2.75, 3.05) is 0 Å². The number of hydrogen-bond acceptors (Lipinski definition) is 2. The summed E-state index contributed by atoms with van der Waals surface area (Å²) >= 11 is 6.10. The number of nitrogens with zero attached hydrogens (tertiary/aromatic N) is 2. The summed E-state index contributed by atoms with van der Waals surface area (Å²) in [5.74, 6) is 0. The lowest BCUT2D eigenvalue weighted by atomic mass is 9.82. The van der Waals surface area contributed by atoms with Crippen LogP contribution in [0.2, 0.25) is 5.02 Å². The van der Waals surface area contributed by atoms with Crippen molar-refractivity contribution in [1.82, 2.24) is 9.78 Å². The molecule has 0 unspecified atom stereocenters. The predicted molar refractivity (Wildman–Crippen MR) is 59.9 cm³/mol. The third-order valence-corrected chi connectivity index (χ3v) is 3.49. The Kier molecular flexibility index (Phi) is 3.03. The Morgan fingerprint density at radius 2 is 2.13 bits per heavy atom. The van der Waals surface area contributed by atoms with Crippen LogP contribution >= 0.6 is 11.6 Å². The molecule has 0 saturated heterocycles. The van der Waals surface area contributed by atoms with Gasteiger partial charge in [-0.25, -0.2) is 0 Å². The second-order valence-corrected chi connectivity index (χ2v) is 4.66. The molecule has 1 fully saturated rings. The van der Waals surface area contributed by atoms with Crippen LogP contribution in [0.3, 0.4) is 0 Å². The summed E-state index contributed by atoms with van der Waals surface area (Å²) in [6.45, 7) is 2.77. The highest BCUT2D eigenvalue weighted by molar-refractivity contribution is 6.31. The van der Waals surface area contributed by atoms with E-state index in [1.54, 1.807) is 6.20 Å². The lowest BCUT2D eigenvalue weighted by Crippen LogP contribution is -2.31. The number of aryl methyl sites for hydroxylation is 1. The van der Waals surface area contributed by atoms with Gasteiger partial charge in [0.05, 0.1) is 16.9 Å². The van der Waals surface area contributed by atoms with Crippen molar-refractivity contribution in [3.8, 4) is 0 Å². The number of aromatic nitrogens is 2. The first-order valence-corrected chi connectivity index (χ1v) is 5.99. The van der Waals surface area contributed by atoms with E-state index < -0.39 is 5.60 Å². The monoisotopic (exact) mass is 228 g/mol. The Morgan fingerprint density at radius 1 is 1.47 bits per heavy atom. The summed E-state index contributed by atoms with van der Waals surface area (Å²) in [5.41, 5.74) is 0.0633. The second kappa shape index (κ2) is 4.14. The van der Waals surface area contributed by atoms with Crippen molar-refractivity contribution in [3.63, 3.8) is 0 Å². The fourth-order valence-corrected chi connectivity index (χ4v) is 2.76. The molecular formula is C11H17ClN2O. The van der Waals surface area contributed by atoms with Gasteiger partial charge in [-0.05, 0) is 19.8 Å². The van der Waals surface area contributed by atoms with Crippen molar-refractivity contribution in [2.45, 2.75) is 51.2 Å². The minimum Gasteiger partial charge on any atom is -0.384 e. The van der Waals surface area contributed by atoms with Gasteiger partial charge in [-0.2, -0.15) is 5.10 Å². The summed E-state index contributed by atoms with van der Waals surface area (Å²) in [6.07, 6.45) is 6.59. The summed E-state index contributed by atoms with van der Waals surface area (Å²) < 4.78 is 1.81. The molecule has 4 heteroatoms.